The SMILES string of the molecule is COc1nc(CNC(=O)c2cc(Cl)ccc2OC)nc(N(C)C)n1. The lowest BCUT2D eigenvalue weighted by atomic mass is 10.2. The molecule has 0 fully saturated rings. The van der Waals surface area contributed by atoms with Gasteiger partial charge in [-0.05, 0) is 18.2 Å². The Morgan fingerprint density at radius 3 is 2.58 bits per heavy atom. The molecule has 2 aromatic rings. The summed E-state index contributed by atoms with van der Waals surface area (Å²) in [6.45, 7) is 0.105. The quantitative estimate of drug-likeness (QED) is 0.844. The lowest BCUT2D eigenvalue weighted by Crippen LogP contribution is -2.25. The van der Waals surface area contributed by atoms with Crippen LogP contribution >= 0.6 is 11.6 Å². The van der Waals surface area contributed by atoms with Crippen LogP contribution in [0.3, 0.4) is 0 Å². The third kappa shape index (κ3) is 4.23. The molecule has 0 aliphatic carbocycles. The van der Waals surface area contributed by atoms with Crippen molar-refractivity contribution < 1.29 is 14.3 Å². The van der Waals surface area contributed by atoms with Gasteiger partial charge in [0.15, 0.2) is 5.82 Å². The normalized spacial score (nSPS) is 10.2. The van der Waals surface area contributed by atoms with Gasteiger partial charge in [0, 0.05) is 19.1 Å². The van der Waals surface area contributed by atoms with E-state index in [1.54, 1.807) is 31.1 Å². The van der Waals surface area contributed by atoms with Crippen molar-refractivity contribution in [3.05, 3.63) is 34.6 Å². The second kappa shape index (κ2) is 7.78. The maximum absolute atomic E-state index is 12.4. The highest BCUT2D eigenvalue weighted by Gasteiger charge is 2.14. The van der Waals surface area contributed by atoms with Crippen LogP contribution in [-0.4, -0.2) is 49.2 Å². The lowest BCUT2D eigenvalue weighted by molar-refractivity contribution is 0.0946. The molecule has 9 heteroatoms. The average molecular weight is 352 g/mol. The Bertz CT molecular complexity index is 739. The zero-order valence-electron chi connectivity index (χ0n) is 13.8. The molecule has 1 aromatic heterocycles. The van der Waals surface area contributed by atoms with Gasteiger partial charge in [-0.2, -0.15) is 15.0 Å². The number of aromatic nitrogens is 3. The predicted molar refractivity (Wildman–Crippen MR) is 89.9 cm³/mol. The number of carbonyl (C=O) groups is 1. The minimum Gasteiger partial charge on any atom is -0.496 e. The molecule has 0 aliphatic heterocycles. The largest absolute Gasteiger partial charge is 0.496 e. The summed E-state index contributed by atoms with van der Waals surface area (Å²) in [5.74, 6) is 0.894. The van der Waals surface area contributed by atoms with Crippen molar-refractivity contribution >= 4 is 23.5 Å². The van der Waals surface area contributed by atoms with E-state index in [4.69, 9.17) is 21.1 Å². The van der Waals surface area contributed by atoms with Crippen LogP contribution in [0, 0.1) is 0 Å². The van der Waals surface area contributed by atoms with Crippen LogP contribution in [0.25, 0.3) is 0 Å². The van der Waals surface area contributed by atoms with Gasteiger partial charge in [-0.3, -0.25) is 4.79 Å². The van der Waals surface area contributed by atoms with E-state index in [1.165, 1.54) is 20.3 Å². The van der Waals surface area contributed by atoms with Gasteiger partial charge in [-0.1, -0.05) is 11.6 Å². The number of hydrogen-bond donors (Lipinski definition) is 1. The number of carbonyl (C=O) groups excluding carboxylic acids is 1. The Hall–Kier alpha value is -2.61. The van der Waals surface area contributed by atoms with E-state index >= 15 is 0 Å². The van der Waals surface area contributed by atoms with Gasteiger partial charge in [-0.15, -0.1) is 0 Å². The number of halogens is 1. The molecule has 24 heavy (non-hydrogen) atoms. The number of benzene rings is 1. The number of rotatable bonds is 6. The average Bonchev–Trinajstić information content (AvgIpc) is 2.59. The first-order valence-corrected chi connectivity index (χ1v) is 7.40. The van der Waals surface area contributed by atoms with Crippen molar-refractivity contribution in [1.82, 2.24) is 20.3 Å². The lowest BCUT2D eigenvalue weighted by Gasteiger charge is -2.13. The molecular weight excluding hydrogens is 334 g/mol. The van der Waals surface area contributed by atoms with Crippen molar-refractivity contribution in [3.8, 4) is 11.8 Å². The summed E-state index contributed by atoms with van der Waals surface area (Å²) < 4.78 is 10.2. The van der Waals surface area contributed by atoms with E-state index in [2.05, 4.69) is 20.3 Å². The number of nitrogens with one attached hydrogen (secondary N) is 1. The summed E-state index contributed by atoms with van der Waals surface area (Å²) in [5, 5.41) is 3.17. The summed E-state index contributed by atoms with van der Waals surface area (Å²) in [6, 6.07) is 5.00. The molecule has 2 rings (SSSR count). The first-order valence-electron chi connectivity index (χ1n) is 7.02. The first kappa shape index (κ1) is 17.7. The molecule has 0 saturated carbocycles. The van der Waals surface area contributed by atoms with Gasteiger partial charge in [0.25, 0.3) is 5.91 Å². The Balaban J connectivity index is 2.17. The smallest absolute Gasteiger partial charge is 0.321 e. The van der Waals surface area contributed by atoms with Crippen LogP contribution in [0.4, 0.5) is 5.95 Å². The Morgan fingerprint density at radius 2 is 1.96 bits per heavy atom. The molecule has 0 bridgehead atoms. The Labute approximate surface area is 144 Å². The maximum Gasteiger partial charge on any atom is 0.321 e. The summed E-state index contributed by atoms with van der Waals surface area (Å²) in [5.41, 5.74) is 0.332. The molecule has 8 nitrogen and oxygen atoms in total. The summed E-state index contributed by atoms with van der Waals surface area (Å²) >= 11 is 5.94. The minimum atomic E-state index is -0.347. The maximum atomic E-state index is 12.4. The van der Waals surface area contributed by atoms with Gasteiger partial charge in [0.2, 0.25) is 5.95 Å². The molecule has 0 saturated heterocycles. The first-order chi connectivity index (χ1) is 11.4. The van der Waals surface area contributed by atoms with Crippen molar-refractivity contribution in [2.45, 2.75) is 6.54 Å². The van der Waals surface area contributed by atoms with Gasteiger partial charge in [0.05, 0.1) is 26.3 Å². The van der Waals surface area contributed by atoms with E-state index < -0.39 is 0 Å². The Kier molecular flexibility index (Phi) is 5.75. The molecular formula is C15H18ClN5O3. The minimum absolute atomic E-state index is 0.105. The Morgan fingerprint density at radius 1 is 1.21 bits per heavy atom. The van der Waals surface area contributed by atoms with Crippen molar-refractivity contribution in [3.63, 3.8) is 0 Å². The van der Waals surface area contributed by atoms with Gasteiger partial charge in [0.1, 0.15) is 5.75 Å². The van der Waals surface area contributed by atoms with E-state index in [-0.39, 0.29) is 18.5 Å². The fraction of sp³-hybridized carbons (Fsp3) is 0.333. The molecule has 1 heterocycles. The van der Waals surface area contributed by atoms with E-state index in [1.807, 2.05) is 0 Å². The zero-order chi connectivity index (χ0) is 17.7. The summed E-state index contributed by atoms with van der Waals surface area (Å²) in [4.78, 5) is 26.6. The summed E-state index contributed by atoms with van der Waals surface area (Å²) in [7, 11) is 6.55. The number of anilines is 1. The van der Waals surface area contributed by atoms with E-state index in [0.29, 0.717) is 28.1 Å². The third-order valence-electron chi connectivity index (χ3n) is 3.05. The molecule has 1 N–H and O–H groups in total. The second-order valence-corrected chi connectivity index (χ2v) is 5.40. The fourth-order valence-corrected chi connectivity index (χ4v) is 2.04. The molecule has 128 valence electrons. The van der Waals surface area contributed by atoms with Crippen molar-refractivity contribution in [2.75, 3.05) is 33.2 Å². The zero-order valence-corrected chi connectivity index (χ0v) is 14.6. The molecule has 0 aliphatic rings. The van der Waals surface area contributed by atoms with E-state index in [9.17, 15) is 4.79 Å². The fourth-order valence-electron chi connectivity index (χ4n) is 1.87. The van der Waals surface area contributed by atoms with Crippen LogP contribution in [0.5, 0.6) is 11.8 Å². The summed E-state index contributed by atoms with van der Waals surface area (Å²) in [6.07, 6.45) is 0. The van der Waals surface area contributed by atoms with Crippen molar-refractivity contribution in [2.24, 2.45) is 0 Å². The number of nitrogens with zero attached hydrogens (tertiary/aromatic N) is 4. The third-order valence-corrected chi connectivity index (χ3v) is 3.28. The van der Waals surface area contributed by atoms with Crippen LogP contribution < -0.4 is 19.7 Å². The topological polar surface area (TPSA) is 89.5 Å². The number of ether oxygens (including phenoxy) is 2. The second-order valence-electron chi connectivity index (χ2n) is 4.96. The highest BCUT2D eigenvalue weighted by atomic mass is 35.5. The highest BCUT2D eigenvalue weighted by Crippen LogP contribution is 2.22. The number of amides is 1. The van der Waals surface area contributed by atoms with Gasteiger partial charge in [-0.25, -0.2) is 0 Å². The van der Waals surface area contributed by atoms with Crippen LogP contribution in [0.1, 0.15) is 16.2 Å². The van der Waals surface area contributed by atoms with Crippen LogP contribution in [0.15, 0.2) is 18.2 Å². The molecule has 1 aromatic carbocycles. The van der Waals surface area contributed by atoms with E-state index in [0.717, 1.165) is 0 Å². The van der Waals surface area contributed by atoms with Crippen molar-refractivity contribution in [1.29, 1.82) is 0 Å². The number of methoxy groups -OCH3 is 2. The monoisotopic (exact) mass is 351 g/mol. The van der Waals surface area contributed by atoms with Gasteiger partial charge >= 0.3 is 6.01 Å². The predicted octanol–water partition coefficient (Wildman–Crippen LogP) is 1.54. The molecule has 0 radical (unpaired) electrons. The standard InChI is InChI=1S/C15H18ClN5O3/c1-21(2)14-18-12(19-15(20-14)24-4)8-17-13(22)10-7-9(16)5-6-11(10)23-3/h5-7H,8H2,1-4H3,(H,17,22). The molecule has 0 atom stereocenters. The molecule has 0 unspecified atom stereocenters. The number of hydrogen-bond acceptors (Lipinski definition) is 7. The highest BCUT2D eigenvalue weighted by molar-refractivity contribution is 6.31. The molecule has 0 spiro atoms. The van der Waals surface area contributed by atoms with Crippen LogP contribution in [0.2, 0.25) is 5.02 Å². The van der Waals surface area contributed by atoms with Gasteiger partial charge < -0.3 is 19.7 Å². The van der Waals surface area contributed by atoms with Crippen LogP contribution in [-0.2, 0) is 6.54 Å². The molecule has 1 amide bonds.